The van der Waals surface area contributed by atoms with Gasteiger partial charge in [0.1, 0.15) is 0 Å². The van der Waals surface area contributed by atoms with Crippen molar-refractivity contribution in [1.82, 2.24) is 10.2 Å². The van der Waals surface area contributed by atoms with Gasteiger partial charge in [0, 0.05) is 16.0 Å². The molecule has 1 aliphatic heterocycles. The minimum Gasteiger partial charge on any atom is -0.453 e. The smallest absolute Gasteiger partial charge is 0.413 e. The maximum absolute atomic E-state index is 11.2. The van der Waals surface area contributed by atoms with E-state index in [0.717, 1.165) is 14.5 Å². The molecular formula is C12H13Br2N3O2. The Kier molecular flexibility index (Phi) is 4.46. The van der Waals surface area contributed by atoms with Crippen molar-refractivity contribution in [3.8, 4) is 0 Å². The Hall–Kier alpha value is -1.08. The van der Waals surface area contributed by atoms with E-state index in [9.17, 15) is 4.79 Å². The lowest BCUT2D eigenvalue weighted by Gasteiger charge is -2.24. The van der Waals surface area contributed by atoms with Gasteiger partial charge in [-0.3, -0.25) is 10.3 Å². The number of alkyl carbamates (subject to hydrolysis) is 1. The van der Waals surface area contributed by atoms with Crippen LogP contribution < -0.4 is 5.32 Å². The van der Waals surface area contributed by atoms with Gasteiger partial charge in [-0.15, -0.1) is 0 Å². The van der Waals surface area contributed by atoms with Crippen LogP contribution >= 0.6 is 31.9 Å². The van der Waals surface area contributed by atoms with Crippen LogP contribution in [0, 0.1) is 0 Å². The molecule has 1 amide bonds. The van der Waals surface area contributed by atoms with Crippen LogP contribution in [0.25, 0.3) is 0 Å². The molecule has 1 aromatic rings. The molecule has 0 bridgehead atoms. The highest BCUT2D eigenvalue weighted by Crippen LogP contribution is 2.32. The molecule has 0 fully saturated rings. The SMILES string of the molecule is COC(=O)NC1=NCC(c2cc(Br)ccc2Br)N1C. The number of amides is 1. The van der Waals surface area contributed by atoms with Gasteiger partial charge in [-0.2, -0.15) is 0 Å². The first-order valence-electron chi connectivity index (χ1n) is 5.60. The molecule has 1 atom stereocenters. The van der Waals surface area contributed by atoms with Gasteiger partial charge in [0.05, 0.1) is 19.7 Å². The molecule has 0 spiro atoms. The predicted molar refractivity (Wildman–Crippen MR) is 80.2 cm³/mol. The van der Waals surface area contributed by atoms with Crippen LogP contribution in [-0.4, -0.2) is 37.7 Å². The minimum absolute atomic E-state index is 0.0824. The number of carbonyl (C=O) groups excluding carboxylic acids is 1. The predicted octanol–water partition coefficient (Wildman–Crippen LogP) is 2.91. The van der Waals surface area contributed by atoms with Crippen molar-refractivity contribution < 1.29 is 9.53 Å². The molecule has 102 valence electrons. The Morgan fingerprint density at radius 2 is 2.26 bits per heavy atom. The lowest BCUT2D eigenvalue weighted by Crippen LogP contribution is -2.40. The van der Waals surface area contributed by atoms with Crippen LogP contribution in [0.5, 0.6) is 0 Å². The summed E-state index contributed by atoms with van der Waals surface area (Å²) in [5.74, 6) is 0.517. The number of nitrogens with zero attached hydrogens (tertiary/aromatic N) is 2. The van der Waals surface area contributed by atoms with Crippen molar-refractivity contribution in [2.75, 3.05) is 20.7 Å². The molecule has 0 saturated heterocycles. The topological polar surface area (TPSA) is 53.9 Å². The summed E-state index contributed by atoms with van der Waals surface area (Å²) in [6.45, 7) is 0.588. The van der Waals surface area contributed by atoms with E-state index in [1.54, 1.807) is 0 Å². The summed E-state index contributed by atoms with van der Waals surface area (Å²) in [4.78, 5) is 17.5. The molecule has 2 rings (SSSR count). The average molecular weight is 391 g/mol. The maximum atomic E-state index is 11.2. The number of carbonyl (C=O) groups is 1. The summed E-state index contributed by atoms with van der Waals surface area (Å²) in [5, 5.41) is 2.60. The fourth-order valence-electron chi connectivity index (χ4n) is 1.90. The summed E-state index contributed by atoms with van der Waals surface area (Å²) in [5.41, 5.74) is 1.11. The van der Waals surface area contributed by atoms with Gasteiger partial charge < -0.3 is 9.64 Å². The molecule has 19 heavy (non-hydrogen) atoms. The van der Waals surface area contributed by atoms with Gasteiger partial charge in [0.15, 0.2) is 0 Å². The third-order valence-corrected chi connectivity index (χ3v) is 4.15. The van der Waals surface area contributed by atoms with Gasteiger partial charge in [0.25, 0.3) is 0 Å². The number of likely N-dealkylation sites (N-methyl/N-ethyl adjacent to an activating group) is 1. The molecule has 0 saturated carbocycles. The number of hydrogen-bond donors (Lipinski definition) is 1. The third kappa shape index (κ3) is 3.09. The van der Waals surface area contributed by atoms with Crippen LogP contribution in [0.1, 0.15) is 11.6 Å². The lowest BCUT2D eigenvalue weighted by molar-refractivity contribution is 0.175. The van der Waals surface area contributed by atoms with Crippen molar-refractivity contribution in [1.29, 1.82) is 0 Å². The first-order chi connectivity index (χ1) is 9.02. The highest BCUT2D eigenvalue weighted by molar-refractivity contribution is 9.11. The minimum atomic E-state index is -0.514. The molecular weight excluding hydrogens is 378 g/mol. The highest BCUT2D eigenvalue weighted by atomic mass is 79.9. The van der Waals surface area contributed by atoms with Crippen molar-refractivity contribution >= 4 is 43.9 Å². The first-order valence-corrected chi connectivity index (χ1v) is 7.18. The quantitative estimate of drug-likeness (QED) is 0.802. The van der Waals surface area contributed by atoms with E-state index in [1.807, 2.05) is 30.1 Å². The van der Waals surface area contributed by atoms with E-state index in [4.69, 9.17) is 0 Å². The van der Waals surface area contributed by atoms with E-state index in [-0.39, 0.29) is 6.04 Å². The van der Waals surface area contributed by atoms with E-state index in [2.05, 4.69) is 46.9 Å². The van der Waals surface area contributed by atoms with Crippen LogP contribution in [0.3, 0.4) is 0 Å². The summed E-state index contributed by atoms with van der Waals surface area (Å²) < 4.78 is 6.59. The molecule has 0 radical (unpaired) electrons. The Labute approximate surface area is 128 Å². The molecule has 1 aromatic carbocycles. The Morgan fingerprint density at radius 3 is 2.95 bits per heavy atom. The fourth-order valence-corrected chi connectivity index (χ4v) is 2.79. The second kappa shape index (κ2) is 5.92. The van der Waals surface area contributed by atoms with Gasteiger partial charge >= 0.3 is 6.09 Å². The molecule has 7 heteroatoms. The number of nitrogens with one attached hydrogen (secondary N) is 1. The van der Waals surface area contributed by atoms with Crippen molar-refractivity contribution in [2.45, 2.75) is 6.04 Å². The molecule has 1 heterocycles. The number of methoxy groups -OCH3 is 1. The van der Waals surface area contributed by atoms with Crippen molar-refractivity contribution in [3.05, 3.63) is 32.7 Å². The largest absolute Gasteiger partial charge is 0.453 e. The molecule has 1 unspecified atom stereocenters. The normalized spacial score (nSPS) is 18.2. The van der Waals surface area contributed by atoms with Crippen LogP contribution in [0.2, 0.25) is 0 Å². The highest BCUT2D eigenvalue weighted by Gasteiger charge is 2.28. The summed E-state index contributed by atoms with van der Waals surface area (Å²) in [7, 11) is 3.22. The number of rotatable bonds is 1. The number of halogens is 2. The van der Waals surface area contributed by atoms with Crippen molar-refractivity contribution in [2.24, 2.45) is 4.99 Å². The number of ether oxygens (including phenoxy) is 1. The van der Waals surface area contributed by atoms with Gasteiger partial charge in [-0.25, -0.2) is 4.79 Å². The van der Waals surface area contributed by atoms with E-state index >= 15 is 0 Å². The molecule has 1 aliphatic rings. The molecule has 5 nitrogen and oxygen atoms in total. The second-order valence-corrected chi connectivity index (χ2v) is 5.84. The number of aliphatic imine (C=N–C) groups is 1. The third-order valence-electron chi connectivity index (χ3n) is 2.93. The van der Waals surface area contributed by atoms with Gasteiger partial charge in [0.2, 0.25) is 5.96 Å². The zero-order valence-electron chi connectivity index (χ0n) is 10.5. The Balaban J connectivity index is 2.17. The first kappa shape index (κ1) is 14.3. The molecule has 0 aliphatic carbocycles. The van der Waals surface area contributed by atoms with E-state index < -0.39 is 6.09 Å². The average Bonchev–Trinajstić information content (AvgIpc) is 2.74. The van der Waals surface area contributed by atoms with Crippen LogP contribution in [0.4, 0.5) is 4.79 Å². The van der Waals surface area contributed by atoms with E-state index in [1.165, 1.54) is 7.11 Å². The van der Waals surface area contributed by atoms with Crippen LogP contribution in [0.15, 0.2) is 32.1 Å². The zero-order chi connectivity index (χ0) is 14.0. The Morgan fingerprint density at radius 1 is 1.53 bits per heavy atom. The van der Waals surface area contributed by atoms with Crippen LogP contribution in [-0.2, 0) is 4.74 Å². The number of benzene rings is 1. The standard InChI is InChI=1S/C12H13Br2N3O2/c1-17-10(6-15-11(17)16-12(18)19-2)8-5-7(13)3-4-9(8)14/h3-5,10H,6H2,1-2H3,(H,15,16,18). The monoisotopic (exact) mass is 389 g/mol. The second-order valence-electron chi connectivity index (χ2n) is 4.07. The molecule has 1 N–H and O–H groups in total. The van der Waals surface area contributed by atoms with Gasteiger partial charge in [-0.05, 0) is 23.8 Å². The van der Waals surface area contributed by atoms with E-state index in [0.29, 0.717) is 12.5 Å². The fraction of sp³-hybridized carbons (Fsp3) is 0.333. The molecule has 0 aromatic heterocycles. The summed E-state index contributed by atoms with van der Waals surface area (Å²) in [6, 6.07) is 6.08. The Bertz CT molecular complexity index is 534. The lowest BCUT2D eigenvalue weighted by atomic mass is 10.1. The van der Waals surface area contributed by atoms with Crippen molar-refractivity contribution in [3.63, 3.8) is 0 Å². The number of hydrogen-bond acceptors (Lipinski definition) is 4. The maximum Gasteiger partial charge on any atom is 0.413 e. The summed E-state index contributed by atoms with van der Waals surface area (Å²) in [6.07, 6.45) is -0.514. The number of guanidine groups is 1. The van der Waals surface area contributed by atoms with Gasteiger partial charge in [-0.1, -0.05) is 31.9 Å². The zero-order valence-corrected chi connectivity index (χ0v) is 13.7. The summed E-state index contributed by atoms with van der Waals surface area (Å²) >= 11 is 7.01.